The van der Waals surface area contributed by atoms with Crippen LogP contribution in [-0.2, 0) is 0 Å². The molecule has 19 heavy (non-hydrogen) atoms. The van der Waals surface area contributed by atoms with E-state index in [-0.39, 0.29) is 24.8 Å². The van der Waals surface area contributed by atoms with Crippen molar-refractivity contribution in [3.8, 4) is 0 Å². The van der Waals surface area contributed by atoms with Crippen LogP contribution in [-0.4, -0.2) is 31.1 Å². The van der Waals surface area contributed by atoms with Crippen LogP contribution >= 0.6 is 36.4 Å². The SMILES string of the molecule is CC[C@H](c1ccc(C)c(Cl)c1)N1CCNCC1.Cl.Cl. The second-order valence-corrected chi connectivity index (χ2v) is 5.13. The molecule has 0 unspecified atom stereocenters. The van der Waals surface area contributed by atoms with Gasteiger partial charge in [-0.15, -0.1) is 24.8 Å². The van der Waals surface area contributed by atoms with Crippen LogP contribution in [0.15, 0.2) is 18.2 Å². The summed E-state index contributed by atoms with van der Waals surface area (Å²) in [5.41, 5.74) is 2.51. The number of nitrogens with zero attached hydrogens (tertiary/aromatic N) is 1. The fraction of sp³-hybridized carbons (Fsp3) is 0.571. The third-order valence-corrected chi connectivity index (χ3v) is 3.97. The lowest BCUT2D eigenvalue weighted by Gasteiger charge is -2.34. The number of hydrogen-bond donors (Lipinski definition) is 1. The molecule has 0 bridgehead atoms. The largest absolute Gasteiger partial charge is 0.314 e. The highest BCUT2D eigenvalue weighted by atomic mass is 35.5. The first-order chi connectivity index (χ1) is 8.22. The monoisotopic (exact) mass is 324 g/mol. The van der Waals surface area contributed by atoms with E-state index in [1.807, 2.05) is 0 Å². The summed E-state index contributed by atoms with van der Waals surface area (Å²) in [5.74, 6) is 0. The number of hydrogen-bond acceptors (Lipinski definition) is 2. The second kappa shape index (κ2) is 9.04. The van der Waals surface area contributed by atoms with Crippen LogP contribution in [0.1, 0.15) is 30.5 Å². The molecule has 1 aliphatic rings. The first kappa shape index (κ1) is 19.0. The van der Waals surface area contributed by atoms with Gasteiger partial charge >= 0.3 is 0 Å². The van der Waals surface area contributed by atoms with E-state index in [1.54, 1.807) is 0 Å². The molecule has 0 spiro atoms. The van der Waals surface area contributed by atoms with Gasteiger partial charge in [-0.1, -0.05) is 30.7 Å². The Balaban J connectivity index is 0.00000162. The molecule has 1 heterocycles. The van der Waals surface area contributed by atoms with Crippen LogP contribution in [0.3, 0.4) is 0 Å². The maximum Gasteiger partial charge on any atom is 0.0438 e. The Labute approximate surface area is 133 Å². The van der Waals surface area contributed by atoms with E-state index >= 15 is 0 Å². The maximum atomic E-state index is 6.22. The van der Waals surface area contributed by atoms with E-state index in [2.05, 4.69) is 42.3 Å². The Bertz CT molecular complexity index is 379. The van der Waals surface area contributed by atoms with Crippen molar-refractivity contribution in [3.63, 3.8) is 0 Å². The molecule has 1 aliphatic heterocycles. The zero-order chi connectivity index (χ0) is 12.3. The lowest BCUT2D eigenvalue weighted by Crippen LogP contribution is -2.45. The Morgan fingerprint density at radius 1 is 1.26 bits per heavy atom. The first-order valence-corrected chi connectivity index (χ1v) is 6.81. The fourth-order valence-electron chi connectivity index (χ4n) is 2.51. The van der Waals surface area contributed by atoms with Crippen molar-refractivity contribution in [1.29, 1.82) is 0 Å². The molecular weight excluding hydrogens is 303 g/mol. The first-order valence-electron chi connectivity index (χ1n) is 6.43. The number of piperazine rings is 1. The topological polar surface area (TPSA) is 15.3 Å². The summed E-state index contributed by atoms with van der Waals surface area (Å²) >= 11 is 6.22. The fourth-order valence-corrected chi connectivity index (χ4v) is 2.70. The summed E-state index contributed by atoms with van der Waals surface area (Å²) < 4.78 is 0. The molecule has 1 aromatic carbocycles. The van der Waals surface area contributed by atoms with Gasteiger partial charge in [0.1, 0.15) is 0 Å². The molecule has 0 amide bonds. The molecule has 1 saturated heterocycles. The standard InChI is InChI=1S/C14H21ClN2.2ClH/c1-3-14(17-8-6-16-7-9-17)12-5-4-11(2)13(15)10-12;;/h4-5,10,14,16H,3,6-9H2,1-2H3;2*1H/t14-;;/m1../s1. The lowest BCUT2D eigenvalue weighted by atomic mass is 10.0. The van der Waals surface area contributed by atoms with Gasteiger partial charge in [0.25, 0.3) is 0 Å². The van der Waals surface area contributed by atoms with E-state index in [9.17, 15) is 0 Å². The number of aryl methyl sites for hydroxylation is 1. The highest BCUT2D eigenvalue weighted by Gasteiger charge is 2.20. The average molecular weight is 326 g/mol. The minimum atomic E-state index is 0. The molecule has 1 fully saturated rings. The summed E-state index contributed by atoms with van der Waals surface area (Å²) in [6, 6.07) is 6.99. The van der Waals surface area contributed by atoms with Crippen LogP contribution < -0.4 is 5.32 Å². The molecule has 1 atom stereocenters. The van der Waals surface area contributed by atoms with Crippen molar-refractivity contribution in [3.05, 3.63) is 34.3 Å². The average Bonchev–Trinajstić information content (AvgIpc) is 2.36. The molecule has 1 N–H and O–H groups in total. The Morgan fingerprint density at radius 2 is 1.89 bits per heavy atom. The minimum Gasteiger partial charge on any atom is -0.314 e. The minimum absolute atomic E-state index is 0. The zero-order valence-corrected chi connectivity index (χ0v) is 13.9. The van der Waals surface area contributed by atoms with Crippen molar-refractivity contribution in [2.75, 3.05) is 26.2 Å². The van der Waals surface area contributed by atoms with E-state index in [1.165, 1.54) is 5.56 Å². The molecule has 1 aromatic rings. The van der Waals surface area contributed by atoms with Crippen LogP contribution in [0, 0.1) is 6.92 Å². The van der Waals surface area contributed by atoms with Crippen molar-refractivity contribution in [2.24, 2.45) is 0 Å². The van der Waals surface area contributed by atoms with Gasteiger partial charge in [-0.3, -0.25) is 4.90 Å². The molecule has 0 saturated carbocycles. The van der Waals surface area contributed by atoms with Crippen LogP contribution in [0.5, 0.6) is 0 Å². The number of halogens is 3. The molecule has 5 heteroatoms. The van der Waals surface area contributed by atoms with E-state index in [0.717, 1.165) is 43.2 Å². The Morgan fingerprint density at radius 3 is 2.42 bits per heavy atom. The van der Waals surface area contributed by atoms with E-state index in [0.29, 0.717) is 6.04 Å². The van der Waals surface area contributed by atoms with Gasteiger partial charge in [0, 0.05) is 37.2 Å². The van der Waals surface area contributed by atoms with Crippen LogP contribution in [0.25, 0.3) is 0 Å². The van der Waals surface area contributed by atoms with Gasteiger partial charge in [-0.2, -0.15) is 0 Å². The maximum absolute atomic E-state index is 6.22. The highest BCUT2D eigenvalue weighted by molar-refractivity contribution is 6.31. The van der Waals surface area contributed by atoms with Crippen molar-refractivity contribution in [1.82, 2.24) is 10.2 Å². The zero-order valence-electron chi connectivity index (χ0n) is 11.5. The number of nitrogens with one attached hydrogen (secondary N) is 1. The summed E-state index contributed by atoms with van der Waals surface area (Å²) in [7, 11) is 0. The van der Waals surface area contributed by atoms with Crippen molar-refractivity contribution < 1.29 is 0 Å². The third kappa shape index (κ3) is 4.80. The smallest absolute Gasteiger partial charge is 0.0438 e. The van der Waals surface area contributed by atoms with Gasteiger partial charge in [-0.05, 0) is 30.5 Å². The third-order valence-electron chi connectivity index (χ3n) is 3.56. The lowest BCUT2D eigenvalue weighted by molar-refractivity contribution is 0.169. The predicted octanol–water partition coefficient (Wildman–Crippen LogP) is 3.85. The Hall–Kier alpha value is 0.01000. The van der Waals surface area contributed by atoms with Crippen molar-refractivity contribution >= 4 is 36.4 Å². The number of rotatable bonds is 3. The van der Waals surface area contributed by atoms with Gasteiger partial charge in [0.15, 0.2) is 0 Å². The quantitative estimate of drug-likeness (QED) is 0.908. The van der Waals surface area contributed by atoms with Gasteiger partial charge in [-0.25, -0.2) is 0 Å². The number of benzene rings is 1. The van der Waals surface area contributed by atoms with Gasteiger partial charge in [0.05, 0.1) is 0 Å². The molecule has 0 aliphatic carbocycles. The van der Waals surface area contributed by atoms with Gasteiger partial charge in [0.2, 0.25) is 0 Å². The Kier molecular flexibility index (Phi) is 9.04. The second-order valence-electron chi connectivity index (χ2n) is 4.72. The van der Waals surface area contributed by atoms with Crippen molar-refractivity contribution in [2.45, 2.75) is 26.3 Å². The van der Waals surface area contributed by atoms with Crippen LogP contribution in [0.4, 0.5) is 0 Å². The predicted molar refractivity (Wildman–Crippen MR) is 88.2 cm³/mol. The summed E-state index contributed by atoms with van der Waals surface area (Å²) in [6.07, 6.45) is 1.14. The highest BCUT2D eigenvalue weighted by Crippen LogP contribution is 2.28. The summed E-state index contributed by atoms with van der Waals surface area (Å²) in [4.78, 5) is 2.55. The molecule has 110 valence electrons. The van der Waals surface area contributed by atoms with Crippen LogP contribution in [0.2, 0.25) is 5.02 Å². The molecule has 0 radical (unpaired) electrons. The van der Waals surface area contributed by atoms with E-state index < -0.39 is 0 Å². The van der Waals surface area contributed by atoms with Gasteiger partial charge < -0.3 is 5.32 Å². The summed E-state index contributed by atoms with van der Waals surface area (Å²) in [6.45, 7) is 8.75. The normalized spacial score (nSPS) is 17.2. The molecule has 2 rings (SSSR count). The van der Waals surface area contributed by atoms with E-state index in [4.69, 9.17) is 11.6 Å². The summed E-state index contributed by atoms with van der Waals surface area (Å²) in [5, 5.41) is 4.28. The molecule has 0 aromatic heterocycles. The molecule has 2 nitrogen and oxygen atoms in total. The molecular formula is C14H23Cl3N2.